The van der Waals surface area contributed by atoms with Gasteiger partial charge in [0.2, 0.25) is 5.69 Å². The third-order valence-corrected chi connectivity index (χ3v) is 4.46. The van der Waals surface area contributed by atoms with Crippen LogP contribution in [0.25, 0.3) is 0 Å². The molecular formula is C17H16BrN5O2. The quantitative estimate of drug-likeness (QED) is 0.844. The van der Waals surface area contributed by atoms with Crippen molar-refractivity contribution in [3.63, 3.8) is 0 Å². The smallest absolute Gasteiger partial charge is 0.253 e. The van der Waals surface area contributed by atoms with Crippen molar-refractivity contribution in [2.45, 2.75) is 37.8 Å². The summed E-state index contributed by atoms with van der Waals surface area (Å²) < 4.78 is 6.58. The Hall–Kier alpha value is -2.53. The van der Waals surface area contributed by atoms with Crippen molar-refractivity contribution in [2.75, 3.05) is 0 Å². The van der Waals surface area contributed by atoms with Crippen LogP contribution in [0, 0.1) is 11.3 Å². The molecule has 128 valence electrons. The van der Waals surface area contributed by atoms with Gasteiger partial charge in [0.05, 0.1) is 5.56 Å². The molecule has 0 aliphatic heterocycles. The molecule has 2 aromatic heterocycles. The lowest BCUT2D eigenvalue weighted by atomic mass is 9.92. The number of halogens is 1. The molecule has 1 fully saturated rings. The molecular weight excluding hydrogens is 386 g/mol. The first-order valence-electron chi connectivity index (χ1n) is 7.95. The first-order valence-corrected chi connectivity index (χ1v) is 8.74. The first kappa shape index (κ1) is 17.3. The second-order valence-electron chi connectivity index (χ2n) is 5.78. The Balaban J connectivity index is 1.52. The third kappa shape index (κ3) is 4.51. The average molecular weight is 402 g/mol. The zero-order chi connectivity index (χ0) is 17.6. The van der Waals surface area contributed by atoms with E-state index in [-0.39, 0.29) is 29.6 Å². The fourth-order valence-electron chi connectivity index (χ4n) is 2.78. The molecule has 0 spiro atoms. The number of amides is 1. The average Bonchev–Trinajstić information content (AvgIpc) is 2.64. The van der Waals surface area contributed by atoms with Crippen molar-refractivity contribution in [2.24, 2.45) is 0 Å². The summed E-state index contributed by atoms with van der Waals surface area (Å²) >= 11 is 3.31. The van der Waals surface area contributed by atoms with Gasteiger partial charge in [0, 0.05) is 35.3 Å². The fourth-order valence-corrected chi connectivity index (χ4v) is 3.14. The molecule has 8 heteroatoms. The van der Waals surface area contributed by atoms with Crippen molar-refractivity contribution >= 4 is 21.8 Å². The van der Waals surface area contributed by atoms with Crippen molar-refractivity contribution in [3.8, 4) is 11.9 Å². The second-order valence-corrected chi connectivity index (χ2v) is 6.69. The van der Waals surface area contributed by atoms with E-state index in [0.29, 0.717) is 5.56 Å². The van der Waals surface area contributed by atoms with Crippen LogP contribution in [0.4, 0.5) is 0 Å². The minimum atomic E-state index is -0.126. The summed E-state index contributed by atoms with van der Waals surface area (Å²) in [6, 6.07) is 3.82. The van der Waals surface area contributed by atoms with E-state index in [0.717, 1.165) is 30.2 Å². The zero-order valence-corrected chi connectivity index (χ0v) is 14.9. The Morgan fingerprint density at radius 3 is 2.72 bits per heavy atom. The number of nitrogens with zero attached hydrogens (tertiary/aromatic N) is 4. The van der Waals surface area contributed by atoms with Gasteiger partial charge in [-0.1, -0.05) is 0 Å². The Morgan fingerprint density at radius 1 is 1.24 bits per heavy atom. The van der Waals surface area contributed by atoms with Crippen molar-refractivity contribution < 1.29 is 9.53 Å². The highest BCUT2D eigenvalue weighted by Crippen LogP contribution is 2.24. The van der Waals surface area contributed by atoms with Crippen LogP contribution in [0.15, 0.2) is 35.3 Å². The third-order valence-electron chi connectivity index (χ3n) is 4.03. The molecule has 1 aliphatic carbocycles. The number of ether oxygens (including phenoxy) is 1. The number of aromatic nitrogens is 3. The lowest BCUT2D eigenvalue weighted by Gasteiger charge is -2.29. The molecule has 1 amide bonds. The summed E-state index contributed by atoms with van der Waals surface area (Å²) in [5, 5.41) is 12.1. The Morgan fingerprint density at radius 2 is 2.00 bits per heavy atom. The summed E-state index contributed by atoms with van der Waals surface area (Å²) in [6.07, 6.45) is 9.31. The molecule has 0 saturated heterocycles. The van der Waals surface area contributed by atoms with E-state index in [2.05, 4.69) is 36.2 Å². The Labute approximate surface area is 153 Å². The van der Waals surface area contributed by atoms with E-state index in [9.17, 15) is 4.79 Å². The van der Waals surface area contributed by atoms with Crippen LogP contribution in [0.1, 0.15) is 41.7 Å². The highest BCUT2D eigenvalue weighted by molar-refractivity contribution is 9.10. The zero-order valence-electron chi connectivity index (χ0n) is 13.4. The molecule has 0 bridgehead atoms. The largest absolute Gasteiger partial charge is 0.472 e. The topological polar surface area (TPSA) is 101 Å². The first-order chi connectivity index (χ1) is 12.2. The lowest BCUT2D eigenvalue weighted by Crippen LogP contribution is -2.39. The van der Waals surface area contributed by atoms with Gasteiger partial charge in [-0.2, -0.15) is 5.26 Å². The predicted molar refractivity (Wildman–Crippen MR) is 92.8 cm³/mol. The second kappa shape index (κ2) is 8.03. The number of rotatable bonds is 4. The van der Waals surface area contributed by atoms with Crippen molar-refractivity contribution in [3.05, 3.63) is 46.6 Å². The predicted octanol–water partition coefficient (Wildman–Crippen LogP) is 2.63. The number of hydrogen-bond acceptors (Lipinski definition) is 6. The number of carbonyl (C=O) groups is 1. The van der Waals surface area contributed by atoms with E-state index < -0.39 is 0 Å². The molecule has 1 N–H and O–H groups in total. The number of carbonyl (C=O) groups excluding carboxylic acids is 1. The minimum Gasteiger partial charge on any atom is -0.472 e. The van der Waals surface area contributed by atoms with Crippen LogP contribution >= 0.6 is 15.9 Å². The maximum atomic E-state index is 12.3. The molecule has 0 atom stereocenters. The number of nitriles is 1. The Bertz CT molecular complexity index is 800. The highest BCUT2D eigenvalue weighted by atomic mass is 79.9. The summed E-state index contributed by atoms with van der Waals surface area (Å²) in [5.74, 6) is 0.150. The Kier molecular flexibility index (Phi) is 5.56. The molecule has 0 aromatic carbocycles. The number of pyridine rings is 1. The molecule has 1 aliphatic rings. The van der Waals surface area contributed by atoms with E-state index in [1.54, 1.807) is 18.5 Å². The fraction of sp³-hybridized carbons (Fsp3) is 0.353. The van der Waals surface area contributed by atoms with Crippen LogP contribution in [-0.2, 0) is 0 Å². The SMILES string of the molecule is N#Cc1nccnc1OC1CCC(NC(=O)c2cncc(Br)c2)CC1. The monoisotopic (exact) mass is 401 g/mol. The molecule has 0 unspecified atom stereocenters. The molecule has 7 nitrogen and oxygen atoms in total. The van der Waals surface area contributed by atoms with E-state index in [1.165, 1.54) is 12.4 Å². The van der Waals surface area contributed by atoms with Crippen LogP contribution < -0.4 is 10.1 Å². The normalized spacial score (nSPS) is 19.7. The van der Waals surface area contributed by atoms with Gasteiger partial charge >= 0.3 is 0 Å². The molecule has 2 heterocycles. The van der Waals surface area contributed by atoms with E-state index in [1.807, 2.05) is 6.07 Å². The number of hydrogen-bond donors (Lipinski definition) is 1. The molecule has 1 saturated carbocycles. The molecule has 3 rings (SSSR count). The van der Waals surface area contributed by atoms with Crippen molar-refractivity contribution in [1.29, 1.82) is 5.26 Å². The van der Waals surface area contributed by atoms with E-state index in [4.69, 9.17) is 10.00 Å². The van der Waals surface area contributed by atoms with Gasteiger partial charge in [0.25, 0.3) is 11.8 Å². The van der Waals surface area contributed by atoms with Crippen LogP contribution in [0.3, 0.4) is 0 Å². The summed E-state index contributed by atoms with van der Waals surface area (Å²) in [7, 11) is 0. The van der Waals surface area contributed by atoms with Gasteiger partial charge in [-0.25, -0.2) is 9.97 Å². The highest BCUT2D eigenvalue weighted by Gasteiger charge is 2.25. The maximum absolute atomic E-state index is 12.3. The van der Waals surface area contributed by atoms with Crippen LogP contribution in [0.2, 0.25) is 0 Å². The van der Waals surface area contributed by atoms with Gasteiger partial charge in [-0.15, -0.1) is 0 Å². The van der Waals surface area contributed by atoms with Gasteiger partial charge in [-0.05, 0) is 47.7 Å². The lowest BCUT2D eigenvalue weighted by molar-refractivity contribution is 0.0889. The van der Waals surface area contributed by atoms with Gasteiger partial charge in [0.15, 0.2) is 0 Å². The van der Waals surface area contributed by atoms with Gasteiger partial charge in [0.1, 0.15) is 12.2 Å². The van der Waals surface area contributed by atoms with Crippen LogP contribution in [0.5, 0.6) is 5.88 Å². The van der Waals surface area contributed by atoms with E-state index >= 15 is 0 Å². The summed E-state index contributed by atoms with van der Waals surface area (Å²) in [6.45, 7) is 0. The maximum Gasteiger partial charge on any atom is 0.253 e. The number of nitrogens with one attached hydrogen (secondary N) is 1. The summed E-state index contributed by atoms with van der Waals surface area (Å²) in [4.78, 5) is 24.3. The van der Waals surface area contributed by atoms with Crippen molar-refractivity contribution in [1.82, 2.24) is 20.3 Å². The van der Waals surface area contributed by atoms with Gasteiger partial charge in [-0.3, -0.25) is 9.78 Å². The van der Waals surface area contributed by atoms with Gasteiger partial charge < -0.3 is 10.1 Å². The molecule has 0 radical (unpaired) electrons. The minimum absolute atomic E-state index is 0.0236. The molecule has 2 aromatic rings. The van der Waals surface area contributed by atoms with Crippen LogP contribution in [-0.4, -0.2) is 33.0 Å². The standard InChI is InChI=1S/C17H16BrN5O2/c18-12-7-11(9-20-10-12)16(24)23-13-1-3-14(4-2-13)25-17-15(8-19)21-5-6-22-17/h5-7,9-10,13-14H,1-4H2,(H,23,24). The summed E-state index contributed by atoms with van der Waals surface area (Å²) in [5.41, 5.74) is 0.728. The molecule has 25 heavy (non-hydrogen) atoms.